The van der Waals surface area contributed by atoms with Crippen molar-refractivity contribution < 1.29 is 9.72 Å². The first kappa shape index (κ1) is 20.5. The highest BCUT2D eigenvalue weighted by Gasteiger charge is 2.23. The van der Waals surface area contributed by atoms with Crippen LogP contribution in [0.3, 0.4) is 0 Å². The lowest BCUT2D eigenvalue weighted by molar-refractivity contribution is -0.385. The zero-order valence-electron chi connectivity index (χ0n) is 15.6. The van der Waals surface area contributed by atoms with Crippen LogP contribution in [0.2, 0.25) is 10.0 Å². The fourth-order valence-electron chi connectivity index (χ4n) is 3.07. The highest BCUT2D eigenvalue weighted by molar-refractivity contribution is 6.31. The molecule has 0 saturated carbocycles. The van der Waals surface area contributed by atoms with E-state index in [9.17, 15) is 19.7 Å². The minimum absolute atomic E-state index is 0.115. The zero-order valence-corrected chi connectivity index (χ0v) is 17.1. The number of nitrogens with zero attached hydrogens (tertiary/aromatic N) is 3. The Morgan fingerprint density at radius 1 is 1.00 bits per heavy atom. The highest BCUT2D eigenvalue weighted by Crippen LogP contribution is 2.24. The van der Waals surface area contributed by atoms with E-state index in [1.165, 1.54) is 6.07 Å². The lowest BCUT2D eigenvalue weighted by Crippen LogP contribution is -2.35. The number of hydrogen-bond donors (Lipinski definition) is 1. The first-order valence-electron chi connectivity index (χ1n) is 8.88. The zero-order chi connectivity index (χ0) is 22.1. The number of para-hydroxylation sites is 1. The van der Waals surface area contributed by atoms with Crippen LogP contribution in [0, 0.1) is 10.1 Å². The van der Waals surface area contributed by atoms with Crippen LogP contribution < -0.4 is 11.0 Å². The van der Waals surface area contributed by atoms with Crippen molar-refractivity contribution in [3.63, 3.8) is 0 Å². The lowest BCUT2D eigenvalue weighted by Gasteiger charge is -2.15. The van der Waals surface area contributed by atoms with Crippen molar-refractivity contribution in [1.29, 1.82) is 0 Å². The van der Waals surface area contributed by atoms with Crippen molar-refractivity contribution in [2.24, 2.45) is 0 Å². The Labute approximate surface area is 184 Å². The first-order valence-corrected chi connectivity index (χ1v) is 9.64. The second-order valence-corrected chi connectivity index (χ2v) is 7.34. The molecule has 0 spiro atoms. The number of rotatable bonds is 4. The molecule has 4 aromatic rings. The largest absolute Gasteiger partial charge is 0.282 e. The molecule has 0 aliphatic carbocycles. The van der Waals surface area contributed by atoms with Crippen LogP contribution in [0.5, 0.6) is 0 Å². The van der Waals surface area contributed by atoms with Crippen LogP contribution in [0.1, 0.15) is 10.4 Å². The average molecular weight is 455 g/mol. The second-order valence-electron chi connectivity index (χ2n) is 6.46. The second kappa shape index (κ2) is 8.17. The average Bonchev–Trinajstić information content (AvgIpc) is 2.75. The van der Waals surface area contributed by atoms with Gasteiger partial charge >= 0.3 is 0 Å². The molecule has 1 N–H and O–H groups in total. The van der Waals surface area contributed by atoms with Crippen molar-refractivity contribution in [2.45, 2.75) is 0 Å². The molecule has 0 unspecified atom stereocenters. The Hall–Kier alpha value is -3.75. The van der Waals surface area contributed by atoms with Gasteiger partial charge in [0.1, 0.15) is 5.56 Å². The van der Waals surface area contributed by atoms with Crippen LogP contribution >= 0.6 is 23.2 Å². The summed E-state index contributed by atoms with van der Waals surface area (Å²) in [5.41, 5.74) is 2.01. The smallest absolute Gasteiger partial charge is 0.267 e. The van der Waals surface area contributed by atoms with E-state index in [2.05, 4.69) is 10.4 Å². The van der Waals surface area contributed by atoms with Crippen LogP contribution in [0.15, 0.2) is 71.5 Å². The maximum atomic E-state index is 13.2. The van der Waals surface area contributed by atoms with Crippen molar-refractivity contribution in [3.05, 3.63) is 103 Å². The van der Waals surface area contributed by atoms with E-state index >= 15 is 0 Å². The summed E-state index contributed by atoms with van der Waals surface area (Å²) in [6.45, 7) is 0. The number of nitro groups is 1. The number of carbonyl (C=O) groups excluding carboxylic acids is 1. The minimum atomic E-state index is -0.892. The quantitative estimate of drug-likeness (QED) is 0.356. The van der Waals surface area contributed by atoms with Crippen molar-refractivity contribution in [1.82, 2.24) is 9.66 Å². The molecule has 8 nitrogen and oxygen atoms in total. The van der Waals surface area contributed by atoms with Gasteiger partial charge in [-0.2, -0.15) is 4.68 Å². The summed E-state index contributed by atoms with van der Waals surface area (Å²) >= 11 is 12.0. The summed E-state index contributed by atoms with van der Waals surface area (Å²) in [4.78, 5) is 41.3. The van der Waals surface area contributed by atoms with Gasteiger partial charge in [-0.1, -0.05) is 47.5 Å². The molecule has 31 heavy (non-hydrogen) atoms. The number of halogens is 2. The fraction of sp³-hybridized carbons (Fsp3) is 0. The molecule has 0 saturated heterocycles. The maximum Gasteiger partial charge on any atom is 0.282 e. The molecule has 0 aliphatic rings. The summed E-state index contributed by atoms with van der Waals surface area (Å²) in [5.74, 6) is -0.777. The van der Waals surface area contributed by atoms with Gasteiger partial charge in [0.2, 0.25) is 0 Å². The maximum absolute atomic E-state index is 13.2. The van der Waals surface area contributed by atoms with Crippen LogP contribution in [0.25, 0.3) is 22.3 Å². The Bertz CT molecular complexity index is 1420. The van der Waals surface area contributed by atoms with E-state index in [0.29, 0.717) is 16.1 Å². The molecule has 0 aliphatic heterocycles. The van der Waals surface area contributed by atoms with Gasteiger partial charge in [-0.3, -0.25) is 25.1 Å². The molecule has 0 radical (unpaired) electrons. The molecule has 4 rings (SSSR count). The monoisotopic (exact) mass is 454 g/mol. The Morgan fingerprint density at radius 3 is 2.48 bits per heavy atom. The van der Waals surface area contributed by atoms with Gasteiger partial charge in [-0.05, 0) is 36.4 Å². The molecule has 0 atom stereocenters. The SMILES string of the molecule is O=C(Nn1c(-c2cccc(Cl)c2)nc2ccccc2c1=O)c1cc(Cl)ccc1[N+](=O)[O-]. The topological polar surface area (TPSA) is 107 Å². The van der Waals surface area contributed by atoms with Gasteiger partial charge in [-0.15, -0.1) is 0 Å². The highest BCUT2D eigenvalue weighted by atomic mass is 35.5. The van der Waals surface area contributed by atoms with E-state index in [1.54, 1.807) is 48.5 Å². The van der Waals surface area contributed by atoms with Gasteiger partial charge in [0.05, 0.1) is 15.8 Å². The van der Waals surface area contributed by atoms with Crippen molar-refractivity contribution in [2.75, 3.05) is 5.43 Å². The number of benzene rings is 3. The summed E-state index contributed by atoms with van der Waals surface area (Å²) in [7, 11) is 0. The number of amides is 1. The van der Waals surface area contributed by atoms with E-state index < -0.39 is 22.1 Å². The summed E-state index contributed by atoms with van der Waals surface area (Å²) in [5, 5.41) is 12.1. The van der Waals surface area contributed by atoms with Crippen LogP contribution in [0.4, 0.5) is 5.69 Å². The number of carbonyl (C=O) groups is 1. The third-order valence-electron chi connectivity index (χ3n) is 4.47. The predicted octanol–water partition coefficient (Wildman–Crippen LogP) is 4.66. The molecule has 1 aromatic heterocycles. The molecule has 3 aromatic carbocycles. The molecular formula is C21H12Cl2N4O4. The molecule has 1 heterocycles. The van der Waals surface area contributed by atoms with Crippen molar-refractivity contribution in [3.8, 4) is 11.4 Å². The van der Waals surface area contributed by atoms with Gasteiger partial charge in [-0.25, -0.2) is 4.98 Å². The Kier molecular flexibility index (Phi) is 5.41. The molecule has 0 bridgehead atoms. The van der Waals surface area contributed by atoms with Crippen molar-refractivity contribution >= 4 is 45.7 Å². The first-order chi connectivity index (χ1) is 14.8. The van der Waals surface area contributed by atoms with Gasteiger partial charge in [0.25, 0.3) is 17.2 Å². The number of hydrogen-bond acceptors (Lipinski definition) is 5. The molecule has 154 valence electrons. The molecule has 0 fully saturated rings. The summed E-state index contributed by atoms with van der Waals surface area (Å²) in [6, 6.07) is 16.8. The summed E-state index contributed by atoms with van der Waals surface area (Å²) in [6.07, 6.45) is 0. The molecular weight excluding hydrogens is 443 g/mol. The number of fused-ring (bicyclic) bond motifs is 1. The van der Waals surface area contributed by atoms with Crippen LogP contribution in [-0.4, -0.2) is 20.5 Å². The predicted molar refractivity (Wildman–Crippen MR) is 118 cm³/mol. The van der Waals surface area contributed by atoms with E-state index in [-0.39, 0.29) is 21.8 Å². The fourth-order valence-corrected chi connectivity index (χ4v) is 3.43. The van der Waals surface area contributed by atoms with E-state index in [1.807, 2.05) is 0 Å². The molecule has 1 amide bonds. The van der Waals surface area contributed by atoms with Gasteiger partial charge < -0.3 is 0 Å². The van der Waals surface area contributed by atoms with Gasteiger partial charge in [0.15, 0.2) is 5.82 Å². The number of nitro benzene ring substituents is 1. The minimum Gasteiger partial charge on any atom is -0.267 e. The third-order valence-corrected chi connectivity index (χ3v) is 4.94. The van der Waals surface area contributed by atoms with Crippen LogP contribution in [-0.2, 0) is 0 Å². The summed E-state index contributed by atoms with van der Waals surface area (Å²) < 4.78 is 0.945. The normalized spacial score (nSPS) is 10.8. The van der Waals surface area contributed by atoms with E-state index in [0.717, 1.165) is 16.8 Å². The number of aromatic nitrogens is 2. The Balaban J connectivity index is 1.91. The standard InChI is InChI=1S/C21H12Cl2N4O4/c22-13-5-3-4-12(10-13)19-24-17-7-2-1-6-15(17)21(29)26(19)25-20(28)16-11-14(23)8-9-18(16)27(30)31/h1-11H,(H,25,28). The van der Waals surface area contributed by atoms with Gasteiger partial charge in [0, 0.05) is 21.7 Å². The van der Waals surface area contributed by atoms with E-state index in [4.69, 9.17) is 23.2 Å². The third kappa shape index (κ3) is 3.98. The number of nitrogens with one attached hydrogen (secondary N) is 1. The Morgan fingerprint density at radius 2 is 1.74 bits per heavy atom. The molecule has 10 heteroatoms. The lowest BCUT2D eigenvalue weighted by atomic mass is 10.1.